The maximum absolute atomic E-state index is 3.59. The van der Waals surface area contributed by atoms with Crippen molar-refractivity contribution in [1.29, 1.82) is 0 Å². The molecule has 78 valence electrons. The van der Waals surface area contributed by atoms with Crippen molar-refractivity contribution < 1.29 is 0 Å². The third-order valence-electron chi connectivity index (χ3n) is 3.58. The molecule has 0 aliphatic heterocycles. The fourth-order valence-corrected chi connectivity index (χ4v) is 2.79. The summed E-state index contributed by atoms with van der Waals surface area (Å²) in [7, 11) is 0. The van der Waals surface area contributed by atoms with Crippen LogP contribution in [0.1, 0.15) is 31.0 Å². The minimum absolute atomic E-state index is 0.833. The zero-order valence-electron chi connectivity index (χ0n) is 9.22. The van der Waals surface area contributed by atoms with Crippen LogP contribution in [0.25, 0.3) is 10.9 Å². The molecule has 1 aromatic carbocycles. The quantitative estimate of drug-likeness (QED) is 0.623. The first-order valence-corrected chi connectivity index (χ1v) is 5.93. The van der Waals surface area contributed by atoms with Crippen molar-refractivity contribution in [1.82, 2.24) is 4.98 Å². The van der Waals surface area contributed by atoms with E-state index >= 15 is 0 Å². The summed E-state index contributed by atoms with van der Waals surface area (Å²) < 4.78 is 0. The smallest absolute Gasteiger partial charge is 0.0458 e. The maximum atomic E-state index is 3.59. The van der Waals surface area contributed by atoms with Crippen LogP contribution in [0.5, 0.6) is 0 Å². The molecule has 0 spiro atoms. The van der Waals surface area contributed by atoms with Crippen molar-refractivity contribution in [3.05, 3.63) is 35.5 Å². The molecule has 1 atom stereocenters. The summed E-state index contributed by atoms with van der Waals surface area (Å²) in [6.45, 7) is 2.36. The number of H-pyrrole nitrogens is 1. The molecule has 1 N–H and O–H groups in total. The molecule has 1 aromatic heterocycles. The van der Waals surface area contributed by atoms with Crippen molar-refractivity contribution in [2.24, 2.45) is 5.92 Å². The van der Waals surface area contributed by atoms with E-state index in [9.17, 15) is 0 Å². The molecular formula is C14H17N. The van der Waals surface area contributed by atoms with Crippen LogP contribution in [0.2, 0.25) is 0 Å². The standard InChI is InChI=1S/C14H17N/c1-10-5-4-7-12-11-6-2-3-8-13(11)15-14(12)9-10/h2-3,6,8,10,15H,4-5,7,9H2,1H3. The number of benzene rings is 1. The molecular weight excluding hydrogens is 182 g/mol. The SMILES string of the molecule is CC1CCCc2c([nH]c3ccccc23)C1. The molecule has 15 heavy (non-hydrogen) atoms. The Morgan fingerprint density at radius 3 is 3.07 bits per heavy atom. The molecule has 2 aromatic rings. The van der Waals surface area contributed by atoms with Crippen molar-refractivity contribution in [2.45, 2.75) is 32.6 Å². The van der Waals surface area contributed by atoms with Crippen LogP contribution in [0.15, 0.2) is 24.3 Å². The number of para-hydroxylation sites is 1. The lowest BCUT2D eigenvalue weighted by atomic mass is 10.0. The molecule has 1 aliphatic carbocycles. The fourth-order valence-electron chi connectivity index (χ4n) is 2.79. The largest absolute Gasteiger partial charge is 0.358 e. The van der Waals surface area contributed by atoms with Crippen molar-refractivity contribution >= 4 is 10.9 Å². The minimum atomic E-state index is 0.833. The van der Waals surface area contributed by atoms with Crippen molar-refractivity contribution in [3.63, 3.8) is 0 Å². The lowest BCUT2D eigenvalue weighted by Gasteiger charge is -2.04. The summed E-state index contributed by atoms with van der Waals surface area (Å²) in [5.41, 5.74) is 4.38. The van der Waals surface area contributed by atoms with E-state index in [-0.39, 0.29) is 0 Å². The van der Waals surface area contributed by atoms with Gasteiger partial charge in [-0.2, -0.15) is 0 Å². The van der Waals surface area contributed by atoms with Crippen LogP contribution < -0.4 is 0 Å². The Kier molecular flexibility index (Phi) is 2.05. The number of aromatic nitrogens is 1. The fraction of sp³-hybridized carbons (Fsp3) is 0.429. The summed E-state index contributed by atoms with van der Waals surface area (Å²) in [6.07, 6.45) is 5.20. The lowest BCUT2D eigenvalue weighted by molar-refractivity contribution is 0.523. The van der Waals surface area contributed by atoms with Crippen LogP contribution in [0.4, 0.5) is 0 Å². The third kappa shape index (κ3) is 1.46. The van der Waals surface area contributed by atoms with E-state index in [0.717, 1.165) is 5.92 Å². The van der Waals surface area contributed by atoms with Gasteiger partial charge in [0, 0.05) is 16.6 Å². The lowest BCUT2D eigenvalue weighted by Crippen LogP contribution is -1.97. The third-order valence-corrected chi connectivity index (χ3v) is 3.58. The molecule has 1 aliphatic rings. The first-order chi connectivity index (χ1) is 7.34. The Morgan fingerprint density at radius 1 is 1.27 bits per heavy atom. The zero-order chi connectivity index (χ0) is 10.3. The van der Waals surface area contributed by atoms with E-state index < -0.39 is 0 Å². The summed E-state index contributed by atoms with van der Waals surface area (Å²) in [6, 6.07) is 8.70. The van der Waals surface area contributed by atoms with Gasteiger partial charge in [-0.3, -0.25) is 0 Å². The van der Waals surface area contributed by atoms with Crippen LogP contribution in [0.3, 0.4) is 0 Å². The van der Waals surface area contributed by atoms with Gasteiger partial charge in [0.1, 0.15) is 0 Å². The van der Waals surface area contributed by atoms with E-state index in [2.05, 4.69) is 36.2 Å². The highest BCUT2D eigenvalue weighted by molar-refractivity contribution is 5.84. The Hall–Kier alpha value is -1.24. The molecule has 0 radical (unpaired) electrons. The second-order valence-corrected chi connectivity index (χ2v) is 4.83. The molecule has 0 bridgehead atoms. The highest BCUT2D eigenvalue weighted by Gasteiger charge is 2.17. The van der Waals surface area contributed by atoms with Gasteiger partial charge >= 0.3 is 0 Å². The van der Waals surface area contributed by atoms with Gasteiger partial charge in [0.25, 0.3) is 0 Å². The Bertz CT molecular complexity index is 481. The first-order valence-electron chi connectivity index (χ1n) is 5.93. The van der Waals surface area contributed by atoms with Gasteiger partial charge in [-0.15, -0.1) is 0 Å². The molecule has 1 unspecified atom stereocenters. The highest BCUT2D eigenvalue weighted by Crippen LogP contribution is 2.30. The number of aromatic amines is 1. The number of hydrogen-bond acceptors (Lipinski definition) is 0. The molecule has 1 heterocycles. The molecule has 3 rings (SSSR count). The molecule has 0 saturated heterocycles. The van der Waals surface area contributed by atoms with E-state index in [0.29, 0.717) is 0 Å². The molecule has 0 fully saturated rings. The van der Waals surface area contributed by atoms with Crippen LogP contribution in [0, 0.1) is 5.92 Å². The van der Waals surface area contributed by atoms with Gasteiger partial charge in [0.05, 0.1) is 0 Å². The predicted octanol–water partition coefficient (Wildman–Crippen LogP) is 3.68. The summed E-state index contributed by atoms with van der Waals surface area (Å²) in [5, 5.41) is 1.45. The second kappa shape index (κ2) is 3.41. The van der Waals surface area contributed by atoms with Gasteiger partial charge in [0.2, 0.25) is 0 Å². The Balaban J connectivity index is 2.19. The number of rotatable bonds is 0. The second-order valence-electron chi connectivity index (χ2n) is 4.83. The summed E-state index contributed by atoms with van der Waals surface area (Å²) in [4.78, 5) is 3.59. The van der Waals surface area contributed by atoms with Gasteiger partial charge in [0.15, 0.2) is 0 Å². The normalized spacial score (nSPS) is 21.3. The predicted molar refractivity (Wildman–Crippen MR) is 64.1 cm³/mol. The highest BCUT2D eigenvalue weighted by atomic mass is 14.7. The molecule has 0 amide bonds. The van der Waals surface area contributed by atoms with Crippen LogP contribution >= 0.6 is 0 Å². The number of nitrogens with one attached hydrogen (secondary N) is 1. The van der Waals surface area contributed by atoms with Gasteiger partial charge in [-0.05, 0) is 36.8 Å². The van der Waals surface area contributed by atoms with Gasteiger partial charge < -0.3 is 4.98 Å². The van der Waals surface area contributed by atoms with E-state index in [1.54, 1.807) is 5.56 Å². The molecule has 0 saturated carbocycles. The van der Waals surface area contributed by atoms with E-state index in [1.807, 2.05) is 0 Å². The van der Waals surface area contributed by atoms with Crippen LogP contribution in [-0.4, -0.2) is 4.98 Å². The number of aryl methyl sites for hydroxylation is 1. The summed E-state index contributed by atoms with van der Waals surface area (Å²) in [5.74, 6) is 0.833. The van der Waals surface area contributed by atoms with Crippen molar-refractivity contribution in [2.75, 3.05) is 0 Å². The number of fused-ring (bicyclic) bond motifs is 3. The van der Waals surface area contributed by atoms with E-state index in [4.69, 9.17) is 0 Å². The summed E-state index contributed by atoms with van der Waals surface area (Å²) >= 11 is 0. The zero-order valence-corrected chi connectivity index (χ0v) is 9.22. The molecule has 1 nitrogen and oxygen atoms in total. The molecule has 1 heteroatoms. The minimum Gasteiger partial charge on any atom is -0.358 e. The average molecular weight is 199 g/mol. The van der Waals surface area contributed by atoms with Gasteiger partial charge in [-0.1, -0.05) is 31.5 Å². The Morgan fingerprint density at radius 2 is 2.13 bits per heavy atom. The average Bonchev–Trinajstić information content (AvgIpc) is 2.46. The first kappa shape index (κ1) is 9.02. The number of hydrogen-bond donors (Lipinski definition) is 1. The monoisotopic (exact) mass is 199 g/mol. The van der Waals surface area contributed by atoms with Crippen LogP contribution in [-0.2, 0) is 12.8 Å². The Labute approximate surface area is 90.5 Å². The van der Waals surface area contributed by atoms with Crippen molar-refractivity contribution in [3.8, 4) is 0 Å². The maximum Gasteiger partial charge on any atom is 0.0458 e. The topological polar surface area (TPSA) is 15.8 Å². The van der Waals surface area contributed by atoms with E-state index in [1.165, 1.54) is 42.3 Å². The van der Waals surface area contributed by atoms with Gasteiger partial charge in [-0.25, -0.2) is 0 Å².